The maximum Gasteiger partial charge on any atom is 0.256 e. The third kappa shape index (κ3) is 2.64. The molecule has 1 atom stereocenters. The Morgan fingerprint density at radius 1 is 1.50 bits per heavy atom. The first-order valence-corrected chi connectivity index (χ1v) is 4.75. The highest BCUT2D eigenvalue weighted by atomic mass is 19.3. The number of amides is 1. The van der Waals surface area contributed by atoms with E-state index in [1.807, 2.05) is 0 Å². The fourth-order valence-corrected chi connectivity index (χ4v) is 1.20. The Kier molecular flexibility index (Phi) is 3.42. The Morgan fingerprint density at radius 2 is 2.14 bits per heavy atom. The first-order chi connectivity index (χ1) is 6.43. The van der Waals surface area contributed by atoms with Crippen LogP contribution in [0.1, 0.15) is 26.7 Å². The standard InChI is InChI=1S/C9H15F2NO2/c1-7(9(2,10)11)8(13)12-5-3-4-6-14-12/h7H,3-6H2,1-2H3. The van der Waals surface area contributed by atoms with Gasteiger partial charge >= 0.3 is 0 Å². The predicted octanol–water partition coefficient (Wildman–Crippen LogP) is 1.83. The van der Waals surface area contributed by atoms with E-state index in [1.165, 1.54) is 6.92 Å². The van der Waals surface area contributed by atoms with Crippen molar-refractivity contribution in [1.82, 2.24) is 5.06 Å². The highest BCUT2D eigenvalue weighted by Gasteiger charge is 2.39. The Hall–Kier alpha value is -0.710. The van der Waals surface area contributed by atoms with Crippen LogP contribution in [-0.2, 0) is 9.63 Å². The van der Waals surface area contributed by atoms with Crippen molar-refractivity contribution in [3.63, 3.8) is 0 Å². The zero-order chi connectivity index (χ0) is 10.8. The predicted molar refractivity (Wildman–Crippen MR) is 46.7 cm³/mol. The molecule has 1 amide bonds. The molecule has 1 unspecified atom stereocenters. The van der Waals surface area contributed by atoms with E-state index < -0.39 is 17.7 Å². The van der Waals surface area contributed by atoms with Gasteiger partial charge in [-0.2, -0.15) is 0 Å². The van der Waals surface area contributed by atoms with Gasteiger partial charge in [0.05, 0.1) is 6.61 Å². The number of carbonyl (C=O) groups is 1. The molecule has 82 valence electrons. The molecule has 1 heterocycles. The van der Waals surface area contributed by atoms with Crippen LogP contribution in [-0.4, -0.2) is 30.0 Å². The number of alkyl halides is 2. The number of hydroxylamine groups is 2. The van der Waals surface area contributed by atoms with Crippen LogP contribution in [0, 0.1) is 5.92 Å². The van der Waals surface area contributed by atoms with Crippen molar-refractivity contribution in [3.05, 3.63) is 0 Å². The Morgan fingerprint density at radius 3 is 2.57 bits per heavy atom. The van der Waals surface area contributed by atoms with Gasteiger partial charge in [-0.05, 0) is 19.8 Å². The summed E-state index contributed by atoms with van der Waals surface area (Å²) < 4.78 is 25.6. The molecular weight excluding hydrogens is 192 g/mol. The summed E-state index contributed by atoms with van der Waals surface area (Å²) in [5.41, 5.74) is 0. The quantitative estimate of drug-likeness (QED) is 0.691. The van der Waals surface area contributed by atoms with Gasteiger partial charge in [-0.25, -0.2) is 13.8 Å². The van der Waals surface area contributed by atoms with Gasteiger partial charge in [0.25, 0.3) is 11.8 Å². The molecule has 0 bridgehead atoms. The highest BCUT2D eigenvalue weighted by molar-refractivity contribution is 5.78. The summed E-state index contributed by atoms with van der Waals surface area (Å²) in [5, 5.41) is 1.06. The second-order valence-electron chi connectivity index (χ2n) is 3.66. The second-order valence-corrected chi connectivity index (χ2v) is 3.66. The minimum Gasteiger partial charge on any atom is -0.272 e. The molecule has 0 radical (unpaired) electrons. The van der Waals surface area contributed by atoms with Crippen molar-refractivity contribution in [2.75, 3.05) is 13.2 Å². The van der Waals surface area contributed by atoms with Crippen molar-refractivity contribution < 1.29 is 18.4 Å². The highest BCUT2D eigenvalue weighted by Crippen LogP contribution is 2.25. The number of halogens is 2. The molecule has 1 fully saturated rings. The summed E-state index contributed by atoms with van der Waals surface area (Å²) in [6.07, 6.45) is 1.69. The number of hydrogen-bond donors (Lipinski definition) is 0. The van der Waals surface area contributed by atoms with Crippen LogP contribution in [0.25, 0.3) is 0 Å². The average molecular weight is 207 g/mol. The summed E-state index contributed by atoms with van der Waals surface area (Å²) in [4.78, 5) is 16.5. The molecule has 0 aromatic carbocycles. The van der Waals surface area contributed by atoms with Crippen LogP contribution in [0.5, 0.6) is 0 Å². The van der Waals surface area contributed by atoms with Crippen molar-refractivity contribution in [3.8, 4) is 0 Å². The number of rotatable bonds is 2. The smallest absolute Gasteiger partial charge is 0.256 e. The molecule has 1 saturated heterocycles. The molecule has 0 saturated carbocycles. The third-order valence-corrected chi connectivity index (χ3v) is 2.38. The van der Waals surface area contributed by atoms with Crippen LogP contribution in [0.4, 0.5) is 8.78 Å². The monoisotopic (exact) mass is 207 g/mol. The van der Waals surface area contributed by atoms with Crippen LogP contribution in [0.15, 0.2) is 0 Å². The van der Waals surface area contributed by atoms with Gasteiger partial charge in [0.1, 0.15) is 5.92 Å². The third-order valence-electron chi connectivity index (χ3n) is 2.38. The minimum absolute atomic E-state index is 0.416. The lowest BCUT2D eigenvalue weighted by atomic mass is 10.0. The van der Waals surface area contributed by atoms with E-state index >= 15 is 0 Å². The lowest BCUT2D eigenvalue weighted by Gasteiger charge is -2.29. The topological polar surface area (TPSA) is 29.5 Å². The zero-order valence-electron chi connectivity index (χ0n) is 8.43. The summed E-state index contributed by atoms with van der Waals surface area (Å²) in [6, 6.07) is 0. The van der Waals surface area contributed by atoms with Crippen LogP contribution < -0.4 is 0 Å². The maximum atomic E-state index is 12.8. The lowest BCUT2D eigenvalue weighted by molar-refractivity contribution is -0.208. The van der Waals surface area contributed by atoms with E-state index in [0.29, 0.717) is 13.2 Å². The van der Waals surface area contributed by atoms with Gasteiger partial charge in [0.15, 0.2) is 0 Å². The minimum atomic E-state index is -2.99. The van der Waals surface area contributed by atoms with E-state index in [0.717, 1.165) is 24.8 Å². The van der Waals surface area contributed by atoms with Gasteiger partial charge in [-0.15, -0.1) is 0 Å². The second kappa shape index (κ2) is 4.21. The van der Waals surface area contributed by atoms with E-state index in [1.54, 1.807) is 0 Å². The molecule has 5 heteroatoms. The summed E-state index contributed by atoms with van der Waals surface area (Å²) in [7, 11) is 0. The normalized spacial score (nSPS) is 20.7. The van der Waals surface area contributed by atoms with E-state index in [4.69, 9.17) is 4.84 Å². The number of carbonyl (C=O) groups excluding carboxylic acids is 1. The molecule has 0 spiro atoms. The first-order valence-electron chi connectivity index (χ1n) is 4.75. The average Bonchev–Trinajstić information content (AvgIpc) is 2.15. The molecule has 1 aliphatic rings. The fourth-order valence-electron chi connectivity index (χ4n) is 1.20. The van der Waals surface area contributed by atoms with Crippen LogP contribution in [0.2, 0.25) is 0 Å². The largest absolute Gasteiger partial charge is 0.272 e. The Bertz CT molecular complexity index is 209. The molecule has 0 aromatic heterocycles. The van der Waals surface area contributed by atoms with Gasteiger partial charge in [0, 0.05) is 13.5 Å². The molecule has 0 N–H and O–H groups in total. The van der Waals surface area contributed by atoms with E-state index in [9.17, 15) is 13.6 Å². The van der Waals surface area contributed by atoms with Crippen molar-refractivity contribution in [1.29, 1.82) is 0 Å². The van der Waals surface area contributed by atoms with E-state index in [-0.39, 0.29) is 0 Å². The van der Waals surface area contributed by atoms with E-state index in [2.05, 4.69) is 0 Å². The Balaban J connectivity index is 2.55. The summed E-state index contributed by atoms with van der Waals surface area (Å²) >= 11 is 0. The molecule has 0 aromatic rings. The van der Waals surface area contributed by atoms with Crippen molar-refractivity contribution >= 4 is 5.91 Å². The zero-order valence-corrected chi connectivity index (χ0v) is 8.43. The van der Waals surface area contributed by atoms with Crippen LogP contribution in [0.3, 0.4) is 0 Å². The molecule has 1 aliphatic heterocycles. The van der Waals surface area contributed by atoms with Gasteiger partial charge in [-0.3, -0.25) is 9.63 Å². The molecule has 1 rings (SSSR count). The summed E-state index contributed by atoms with van der Waals surface area (Å²) in [6.45, 7) is 2.83. The maximum absolute atomic E-state index is 12.8. The molecular formula is C9H15F2NO2. The van der Waals surface area contributed by atoms with Crippen molar-refractivity contribution in [2.45, 2.75) is 32.6 Å². The summed E-state index contributed by atoms with van der Waals surface area (Å²) in [5.74, 6) is -4.93. The lowest BCUT2D eigenvalue weighted by Crippen LogP contribution is -2.43. The Labute approximate surface area is 82.0 Å². The fraction of sp³-hybridized carbons (Fsp3) is 0.889. The number of nitrogens with zero attached hydrogens (tertiary/aromatic N) is 1. The van der Waals surface area contributed by atoms with Gasteiger partial charge in [-0.1, -0.05) is 0 Å². The van der Waals surface area contributed by atoms with Gasteiger partial charge < -0.3 is 0 Å². The molecule has 14 heavy (non-hydrogen) atoms. The molecule has 0 aliphatic carbocycles. The number of hydrogen-bond acceptors (Lipinski definition) is 2. The van der Waals surface area contributed by atoms with Gasteiger partial charge in [0.2, 0.25) is 0 Å². The molecule has 3 nitrogen and oxygen atoms in total. The SMILES string of the molecule is CC(C(=O)N1CCCCO1)C(C)(F)F. The van der Waals surface area contributed by atoms with Crippen LogP contribution >= 0.6 is 0 Å². The first kappa shape index (κ1) is 11.4. The van der Waals surface area contributed by atoms with Crippen molar-refractivity contribution in [2.24, 2.45) is 5.92 Å².